The minimum absolute atomic E-state index is 0.0246. The van der Waals surface area contributed by atoms with Crippen molar-refractivity contribution in [2.75, 3.05) is 0 Å². The van der Waals surface area contributed by atoms with Crippen LogP contribution >= 0.6 is 22.9 Å². The van der Waals surface area contributed by atoms with Gasteiger partial charge in [-0.05, 0) is 56.6 Å². The summed E-state index contributed by atoms with van der Waals surface area (Å²) in [6.07, 6.45) is 16.5. The standard InChI is InChI=1S/C23H35ClO3S/c1-2-3-4-5-6-7-8-9-12-19-18(20(24)16-21(19)25)13-10-11-17-14-15-22(28-17)23(26)27/h9,12,14-15,18-21,25H,2-8,10-11,13,16H2,1H3,(H,26,27)/t18-,19?,20?,21?/m1/s1. The number of hydrogen-bond acceptors (Lipinski definition) is 3. The Hall–Kier alpha value is -0.840. The average Bonchev–Trinajstić information content (AvgIpc) is 3.23. The van der Waals surface area contributed by atoms with Crippen molar-refractivity contribution in [2.24, 2.45) is 11.8 Å². The van der Waals surface area contributed by atoms with Crippen LogP contribution in [0, 0.1) is 11.8 Å². The number of halogens is 1. The molecule has 0 radical (unpaired) electrons. The van der Waals surface area contributed by atoms with Crippen LogP contribution in [-0.4, -0.2) is 27.7 Å². The normalized spacial score (nSPS) is 25.0. The Bertz CT molecular complexity index is 613. The second-order valence-corrected chi connectivity index (χ2v) is 9.74. The molecule has 0 spiro atoms. The van der Waals surface area contributed by atoms with Crippen LogP contribution < -0.4 is 0 Å². The zero-order valence-corrected chi connectivity index (χ0v) is 18.6. The third-order valence-electron chi connectivity index (χ3n) is 5.79. The van der Waals surface area contributed by atoms with Crippen LogP contribution in [0.1, 0.15) is 85.7 Å². The number of rotatable bonds is 13. The van der Waals surface area contributed by atoms with Gasteiger partial charge in [0, 0.05) is 16.2 Å². The average molecular weight is 427 g/mol. The van der Waals surface area contributed by atoms with Gasteiger partial charge in [-0.25, -0.2) is 4.79 Å². The van der Waals surface area contributed by atoms with E-state index < -0.39 is 5.97 Å². The lowest BCUT2D eigenvalue weighted by molar-refractivity contribution is 0.0702. The highest BCUT2D eigenvalue weighted by atomic mass is 35.5. The summed E-state index contributed by atoms with van der Waals surface area (Å²) in [5.74, 6) is -0.400. The highest BCUT2D eigenvalue weighted by molar-refractivity contribution is 7.13. The van der Waals surface area contributed by atoms with Crippen LogP contribution in [0.3, 0.4) is 0 Å². The van der Waals surface area contributed by atoms with Crippen molar-refractivity contribution in [1.29, 1.82) is 0 Å². The summed E-state index contributed by atoms with van der Waals surface area (Å²) >= 11 is 7.89. The van der Waals surface area contributed by atoms with E-state index in [1.54, 1.807) is 6.07 Å². The summed E-state index contributed by atoms with van der Waals surface area (Å²) in [7, 11) is 0. The number of carboxylic acid groups (broad SMARTS) is 1. The summed E-state index contributed by atoms with van der Waals surface area (Å²) in [5.41, 5.74) is 0. The molecule has 4 atom stereocenters. The Kier molecular flexibility index (Phi) is 10.6. The quantitative estimate of drug-likeness (QED) is 0.210. The second-order valence-electron chi connectivity index (χ2n) is 8.01. The number of carbonyl (C=O) groups is 1. The molecule has 0 aromatic carbocycles. The van der Waals surface area contributed by atoms with Crippen molar-refractivity contribution in [3.05, 3.63) is 34.0 Å². The molecule has 28 heavy (non-hydrogen) atoms. The van der Waals surface area contributed by atoms with Gasteiger partial charge in [-0.15, -0.1) is 22.9 Å². The zero-order valence-electron chi connectivity index (χ0n) is 17.0. The van der Waals surface area contributed by atoms with E-state index in [1.807, 2.05) is 6.07 Å². The Morgan fingerprint density at radius 2 is 1.96 bits per heavy atom. The van der Waals surface area contributed by atoms with Gasteiger partial charge in [0.05, 0.1) is 6.10 Å². The summed E-state index contributed by atoms with van der Waals surface area (Å²) in [4.78, 5) is 12.5. The number of aliphatic hydroxyl groups is 1. The van der Waals surface area contributed by atoms with Gasteiger partial charge >= 0.3 is 5.97 Å². The van der Waals surface area contributed by atoms with Gasteiger partial charge < -0.3 is 10.2 Å². The number of allylic oxidation sites excluding steroid dienone is 1. The minimum Gasteiger partial charge on any atom is -0.477 e. The minimum atomic E-state index is -0.855. The number of aliphatic hydroxyl groups excluding tert-OH is 1. The maximum atomic E-state index is 11.0. The molecule has 0 amide bonds. The number of carboxylic acids is 1. The second kappa shape index (κ2) is 12.7. The predicted octanol–water partition coefficient (Wildman–Crippen LogP) is 6.68. The lowest BCUT2D eigenvalue weighted by Gasteiger charge is -2.20. The first-order valence-electron chi connectivity index (χ1n) is 10.8. The van der Waals surface area contributed by atoms with Gasteiger partial charge in [-0.3, -0.25) is 0 Å². The van der Waals surface area contributed by atoms with Gasteiger partial charge in [0.1, 0.15) is 4.88 Å². The maximum Gasteiger partial charge on any atom is 0.345 e. The van der Waals surface area contributed by atoms with Crippen molar-refractivity contribution in [2.45, 2.75) is 89.0 Å². The molecule has 2 N–H and O–H groups in total. The molecule has 3 unspecified atom stereocenters. The fourth-order valence-electron chi connectivity index (χ4n) is 4.17. The van der Waals surface area contributed by atoms with Crippen LogP contribution in [0.5, 0.6) is 0 Å². The molecule has 158 valence electrons. The fraction of sp³-hybridized carbons (Fsp3) is 0.696. The first-order valence-corrected chi connectivity index (χ1v) is 12.1. The lowest BCUT2D eigenvalue weighted by Crippen LogP contribution is -2.18. The number of hydrogen-bond donors (Lipinski definition) is 2. The molecular weight excluding hydrogens is 392 g/mol. The summed E-state index contributed by atoms with van der Waals surface area (Å²) in [6.45, 7) is 2.24. The highest BCUT2D eigenvalue weighted by Gasteiger charge is 2.39. The molecule has 0 saturated heterocycles. The Morgan fingerprint density at radius 3 is 2.68 bits per heavy atom. The van der Waals surface area contributed by atoms with Gasteiger partial charge in [-0.2, -0.15) is 0 Å². The highest BCUT2D eigenvalue weighted by Crippen LogP contribution is 2.40. The smallest absolute Gasteiger partial charge is 0.345 e. The van der Waals surface area contributed by atoms with Gasteiger partial charge in [0.2, 0.25) is 0 Å². The van der Waals surface area contributed by atoms with Crippen LogP contribution in [-0.2, 0) is 6.42 Å². The van der Waals surface area contributed by atoms with E-state index in [4.69, 9.17) is 16.7 Å². The maximum absolute atomic E-state index is 11.0. The fourth-order valence-corrected chi connectivity index (χ4v) is 5.53. The summed E-state index contributed by atoms with van der Waals surface area (Å²) in [6, 6.07) is 3.59. The molecular formula is C23H35ClO3S. The van der Waals surface area contributed by atoms with Crippen LogP contribution in [0.4, 0.5) is 0 Å². The van der Waals surface area contributed by atoms with Crippen LogP contribution in [0.2, 0.25) is 0 Å². The Balaban J connectivity index is 1.74. The van der Waals surface area contributed by atoms with E-state index in [1.165, 1.54) is 49.9 Å². The van der Waals surface area contributed by atoms with E-state index in [9.17, 15) is 9.90 Å². The van der Waals surface area contributed by atoms with Crippen molar-refractivity contribution in [1.82, 2.24) is 0 Å². The molecule has 1 aliphatic carbocycles. The molecule has 5 heteroatoms. The van der Waals surface area contributed by atoms with Crippen LogP contribution in [0.15, 0.2) is 24.3 Å². The molecule has 1 aliphatic rings. The third kappa shape index (κ3) is 7.53. The lowest BCUT2D eigenvalue weighted by atomic mass is 9.89. The number of aromatic carboxylic acids is 1. The Labute approximate surface area is 178 Å². The van der Waals surface area contributed by atoms with Crippen LogP contribution in [0.25, 0.3) is 0 Å². The van der Waals surface area contributed by atoms with E-state index in [2.05, 4.69) is 19.1 Å². The van der Waals surface area contributed by atoms with Crippen molar-refractivity contribution in [3.63, 3.8) is 0 Å². The zero-order chi connectivity index (χ0) is 20.4. The SMILES string of the molecule is CCCCCCCCC=CC1C(O)CC(Cl)[C@@H]1CCCc1ccc(C(=O)O)s1. The van der Waals surface area contributed by atoms with E-state index in [0.717, 1.165) is 30.6 Å². The number of alkyl halides is 1. The molecule has 0 bridgehead atoms. The van der Waals surface area contributed by atoms with Crippen molar-refractivity contribution >= 4 is 28.9 Å². The first-order chi connectivity index (χ1) is 13.5. The Morgan fingerprint density at radius 1 is 1.21 bits per heavy atom. The summed E-state index contributed by atoms with van der Waals surface area (Å²) in [5, 5.41) is 19.5. The third-order valence-corrected chi connectivity index (χ3v) is 7.42. The number of aryl methyl sites for hydroxylation is 1. The molecule has 1 heterocycles. The molecule has 2 rings (SSSR count). The topological polar surface area (TPSA) is 57.5 Å². The van der Waals surface area contributed by atoms with E-state index >= 15 is 0 Å². The molecule has 1 fully saturated rings. The van der Waals surface area contributed by atoms with E-state index in [0.29, 0.717) is 17.2 Å². The van der Waals surface area contributed by atoms with Gasteiger partial charge in [0.25, 0.3) is 0 Å². The number of unbranched alkanes of at least 4 members (excludes halogenated alkanes) is 6. The first kappa shape index (κ1) is 23.4. The monoisotopic (exact) mass is 426 g/mol. The molecule has 1 aromatic rings. The predicted molar refractivity (Wildman–Crippen MR) is 119 cm³/mol. The number of thiophene rings is 1. The molecule has 0 aliphatic heterocycles. The molecule has 1 aromatic heterocycles. The van der Waals surface area contributed by atoms with Gasteiger partial charge in [0.15, 0.2) is 0 Å². The van der Waals surface area contributed by atoms with E-state index in [-0.39, 0.29) is 17.4 Å². The summed E-state index contributed by atoms with van der Waals surface area (Å²) < 4.78 is 0. The molecule has 3 nitrogen and oxygen atoms in total. The molecule has 1 saturated carbocycles. The van der Waals surface area contributed by atoms with Crippen molar-refractivity contribution < 1.29 is 15.0 Å². The van der Waals surface area contributed by atoms with Crippen molar-refractivity contribution in [3.8, 4) is 0 Å². The van der Waals surface area contributed by atoms with Gasteiger partial charge in [-0.1, -0.05) is 51.2 Å². The largest absolute Gasteiger partial charge is 0.477 e.